The minimum Gasteiger partial charge on any atom is -0.336 e. The van der Waals surface area contributed by atoms with Gasteiger partial charge in [-0.3, -0.25) is 0 Å². The lowest BCUT2D eigenvalue weighted by Crippen LogP contribution is -2.51. The molecule has 0 aromatic carbocycles. The van der Waals surface area contributed by atoms with Gasteiger partial charge in [0.2, 0.25) is 0 Å². The molecule has 0 radical (unpaired) electrons. The first kappa shape index (κ1) is 12.6. The maximum atomic E-state index is 10.9. The number of hydrogen-bond acceptors (Lipinski definition) is 2. The normalized spacial score (nSPS) is 24.5. The second kappa shape index (κ2) is 4.19. The van der Waals surface area contributed by atoms with E-state index < -0.39 is 0 Å². The van der Waals surface area contributed by atoms with E-state index in [1.165, 1.54) is 0 Å². The van der Waals surface area contributed by atoms with Crippen molar-refractivity contribution in [3.8, 4) is 0 Å². The van der Waals surface area contributed by atoms with E-state index in [-0.39, 0.29) is 23.1 Å². The summed E-state index contributed by atoms with van der Waals surface area (Å²) in [6, 6.07) is -0.120. The van der Waals surface area contributed by atoms with Crippen LogP contribution in [0.15, 0.2) is 0 Å². The van der Waals surface area contributed by atoms with E-state index >= 15 is 0 Å². The van der Waals surface area contributed by atoms with Crippen LogP contribution in [0, 0.1) is 0 Å². The first-order valence-electron chi connectivity index (χ1n) is 5.37. The molecule has 0 atom stereocenters. The van der Waals surface area contributed by atoms with Crippen LogP contribution < -0.4 is 21.3 Å². The molecule has 4 amide bonds. The van der Waals surface area contributed by atoms with Gasteiger partial charge in [-0.2, -0.15) is 0 Å². The Morgan fingerprint density at radius 3 is 1.31 bits per heavy atom. The third kappa shape index (κ3) is 2.77. The zero-order chi connectivity index (χ0) is 12.4. The van der Waals surface area contributed by atoms with Gasteiger partial charge in [0, 0.05) is 13.1 Å². The van der Waals surface area contributed by atoms with Crippen LogP contribution in [0.3, 0.4) is 0 Å². The van der Waals surface area contributed by atoms with Crippen molar-refractivity contribution in [1.29, 1.82) is 0 Å². The van der Waals surface area contributed by atoms with Gasteiger partial charge in [0.05, 0.1) is 11.1 Å². The van der Waals surface area contributed by atoms with E-state index in [1.54, 1.807) is 0 Å². The Kier molecular flexibility index (Phi) is 3.30. The van der Waals surface area contributed by atoms with Gasteiger partial charge in [0.15, 0.2) is 0 Å². The molecule has 16 heavy (non-hydrogen) atoms. The fraction of sp³-hybridized carbons (Fsp3) is 0.800. The Morgan fingerprint density at radius 1 is 0.812 bits per heavy atom. The molecular weight excluding hydrogens is 208 g/mol. The van der Waals surface area contributed by atoms with Crippen molar-refractivity contribution >= 4 is 12.1 Å². The maximum Gasteiger partial charge on any atom is 0.315 e. The fourth-order valence-corrected chi connectivity index (χ4v) is 1.33. The fourth-order valence-electron chi connectivity index (χ4n) is 1.33. The highest BCUT2D eigenvalue weighted by Gasteiger charge is 2.44. The number of amides is 4. The molecule has 2 aliphatic heterocycles. The van der Waals surface area contributed by atoms with Crippen molar-refractivity contribution in [3.63, 3.8) is 0 Å². The highest BCUT2D eigenvalue weighted by Crippen LogP contribution is 2.24. The second-order valence-corrected chi connectivity index (χ2v) is 5.01. The van der Waals surface area contributed by atoms with Gasteiger partial charge in [0.1, 0.15) is 0 Å². The van der Waals surface area contributed by atoms with Crippen LogP contribution in [0.2, 0.25) is 0 Å². The second-order valence-electron chi connectivity index (χ2n) is 5.01. The number of nitrogens with one attached hydrogen (secondary N) is 4. The molecule has 0 unspecified atom stereocenters. The monoisotopic (exact) mass is 228 g/mol. The number of urea groups is 2. The van der Waals surface area contributed by atoms with E-state index in [2.05, 4.69) is 21.3 Å². The van der Waals surface area contributed by atoms with Crippen LogP contribution in [-0.4, -0.2) is 36.2 Å². The summed E-state index contributed by atoms with van der Waals surface area (Å²) in [7, 11) is 0. The van der Waals surface area contributed by atoms with Crippen molar-refractivity contribution in [1.82, 2.24) is 21.3 Å². The van der Waals surface area contributed by atoms with Crippen molar-refractivity contribution in [2.75, 3.05) is 13.1 Å². The Morgan fingerprint density at radius 2 is 1.19 bits per heavy atom. The van der Waals surface area contributed by atoms with Crippen molar-refractivity contribution in [2.24, 2.45) is 0 Å². The van der Waals surface area contributed by atoms with Crippen LogP contribution in [-0.2, 0) is 0 Å². The van der Waals surface area contributed by atoms with Crippen LogP contribution in [0.4, 0.5) is 9.59 Å². The molecule has 6 heteroatoms. The minimum atomic E-state index is -0.149. The lowest BCUT2D eigenvalue weighted by molar-refractivity contribution is 0.245. The van der Waals surface area contributed by atoms with Gasteiger partial charge in [-0.1, -0.05) is 0 Å². The average Bonchev–Trinajstić information content (AvgIpc) is 2.59. The highest BCUT2D eigenvalue weighted by atomic mass is 16.2. The Hall–Kier alpha value is -1.46. The molecule has 92 valence electrons. The van der Waals surface area contributed by atoms with Gasteiger partial charge < -0.3 is 21.3 Å². The summed E-state index contributed by atoms with van der Waals surface area (Å²) in [5, 5.41) is 10.8. The number of carbonyl (C=O) groups is 2. The smallest absolute Gasteiger partial charge is 0.315 e. The first-order chi connectivity index (χ1) is 7.24. The molecule has 0 aromatic heterocycles. The van der Waals surface area contributed by atoms with E-state index in [1.807, 2.05) is 27.7 Å². The predicted octanol–water partition coefficient (Wildman–Crippen LogP) is 0.156. The van der Waals surface area contributed by atoms with E-state index in [0.29, 0.717) is 0 Å². The van der Waals surface area contributed by atoms with Crippen molar-refractivity contribution < 1.29 is 9.59 Å². The van der Waals surface area contributed by atoms with Gasteiger partial charge in [-0.15, -0.1) is 0 Å². The Labute approximate surface area is 95.5 Å². The van der Waals surface area contributed by atoms with E-state index in [9.17, 15) is 9.59 Å². The van der Waals surface area contributed by atoms with Gasteiger partial charge in [-0.25, -0.2) is 9.59 Å². The molecule has 2 aliphatic rings. The molecule has 0 saturated carbocycles. The zero-order valence-corrected chi connectivity index (χ0v) is 10.2. The van der Waals surface area contributed by atoms with Crippen LogP contribution in [0.25, 0.3) is 0 Å². The van der Waals surface area contributed by atoms with Gasteiger partial charge in [0.25, 0.3) is 0 Å². The lowest BCUT2D eigenvalue weighted by atomic mass is 9.85. The molecule has 2 saturated heterocycles. The van der Waals surface area contributed by atoms with Crippen molar-refractivity contribution in [2.45, 2.75) is 38.8 Å². The summed E-state index contributed by atoms with van der Waals surface area (Å²) in [5.74, 6) is 0. The molecule has 0 aliphatic carbocycles. The van der Waals surface area contributed by atoms with Crippen LogP contribution >= 0.6 is 0 Å². The molecule has 0 bridgehead atoms. The topological polar surface area (TPSA) is 82.3 Å². The van der Waals surface area contributed by atoms with Gasteiger partial charge >= 0.3 is 12.1 Å². The maximum absolute atomic E-state index is 10.9. The van der Waals surface area contributed by atoms with E-state index in [0.717, 1.165) is 13.1 Å². The highest BCUT2D eigenvalue weighted by molar-refractivity contribution is 5.79. The summed E-state index contributed by atoms with van der Waals surface area (Å²) >= 11 is 0. The third-order valence-corrected chi connectivity index (χ3v) is 3.11. The van der Waals surface area contributed by atoms with Gasteiger partial charge in [-0.05, 0) is 27.7 Å². The Bertz CT molecular complexity index is 273. The first-order valence-corrected chi connectivity index (χ1v) is 5.37. The SMILES string of the molecule is CC1(C)NC(=O)NC1(C)C.O=C1NCCN1. The molecule has 2 fully saturated rings. The van der Waals surface area contributed by atoms with Crippen LogP contribution in [0.1, 0.15) is 27.7 Å². The minimum absolute atomic E-state index is 0.0463. The molecule has 2 heterocycles. The molecular formula is C10H20N4O2. The predicted molar refractivity (Wildman–Crippen MR) is 61.2 cm³/mol. The largest absolute Gasteiger partial charge is 0.336 e. The molecule has 0 aromatic rings. The number of hydrogen-bond donors (Lipinski definition) is 4. The molecule has 4 N–H and O–H groups in total. The number of rotatable bonds is 0. The lowest BCUT2D eigenvalue weighted by Gasteiger charge is -2.32. The van der Waals surface area contributed by atoms with E-state index in [4.69, 9.17) is 0 Å². The zero-order valence-electron chi connectivity index (χ0n) is 10.2. The van der Waals surface area contributed by atoms with Crippen LogP contribution in [0.5, 0.6) is 0 Å². The Balaban J connectivity index is 0.000000181. The summed E-state index contributed by atoms with van der Waals surface area (Å²) in [5.41, 5.74) is -0.297. The molecule has 0 spiro atoms. The van der Waals surface area contributed by atoms with Crippen molar-refractivity contribution in [3.05, 3.63) is 0 Å². The molecule has 2 rings (SSSR count). The quantitative estimate of drug-likeness (QED) is 0.476. The summed E-state index contributed by atoms with van der Waals surface area (Å²) in [6.45, 7) is 9.57. The summed E-state index contributed by atoms with van der Waals surface area (Å²) < 4.78 is 0. The average molecular weight is 228 g/mol. The number of carbonyl (C=O) groups excluding carboxylic acids is 2. The third-order valence-electron chi connectivity index (χ3n) is 3.11. The summed E-state index contributed by atoms with van der Waals surface area (Å²) in [6.07, 6.45) is 0. The summed E-state index contributed by atoms with van der Waals surface area (Å²) in [4.78, 5) is 20.9. The molecule has 6 nitrogen and oxygen atoms in total. The standard InChI is InChI=1S/C7H14N2O.C3H6N2O/c1-6(2)7(3,4)9-5(10)8-6;6-3-4-1-2-5-3/h1-4H3,(H2,8,9,10);1-2H2,(H2,4,5,6).